The topological polar surface area (TPSA) is 91.1 Å². The first-order chi connectivity index (χ1) is 17.5. The summed E-state index contributed by atoms with van der Waals surface area (Å²) in [5, 5.41) is 3.78. The molecule has 3 N–H and O–H groups in total. The molecule has 1 heterocycles. The normalized spacial score (nSPS) is 12.2. The van der Waals surface area contributed by atoms with Gasteiger partial charge in [-0.1, -0.05) is 77.1 Å². The van der Waals surface area contributed by atoms with Gasteiger partial charge in [0, 0.05) is 28.7 Å². The Hall–Kier alpha value is -3.58. The second-order valence-electron chi connectivity index (χ2n) is 10.8. The number of sulfonamides is 1. The van der Waals surface area contributed by atoms with Crippen LogP contribution in [0.1, 0.15) is 57.1 Å². The number of hydrogen-bond donors (Lipinski definition) is 3. The molecular weight excluding hydrogens is 482 g/mol. The Kier molecular flexibility index (Phi) is 7.46. The summed E-state index contributed by atoms with van der Waals surface area (Å²) in [6.07, 6.45) is 0.884. The lowest BCUT2D eigenvalue weighted by atomic mass is 9.87. The molecule has 0 unspecified atom stereocenters. The molecule has 194 valence electrons. The van der Waals surface area contributed by atoms with E-state index in [2.05, 4.69) is 49.6 Å². The molecule has 4 rings (SSSR count). The van der Waals surface area contributed by atoms with E-state index in [4.69, 9.17) is 0 Å². The SMILES string of the molecule is CC(C)CCNC(=O)c1[nH]c2ccc(NS(=O)(=O)c3ccc(C(C)(C)C)cc3)cc2c1-c1ccccc1. The third kappa shape index (κ3) is 6.05. The molecule has 0 fully saturated rings. The average molecular weight is 518 g/mol. The van der Waals surface area contributed by atoms with Crippen molar-refractivity contribution in [2.24, 2.45) is 5.92 Å². The van der Waals surface area contributed by atoms with Crippen LogP contribution in [0.15, 0.2) is 77.7 Å². The van der Waals surface area contributed by atoms with Crippen molar-refractivity contribution in [3.05, 3.63) is 84.1 Å². The first kappa shape index (κ1) is 26.5. The second-order valence-corrected chi connectivity index (χ2v) is 12.5. The van der Waals surface area contributed by atoms with Crippen molar-refractivity contribution >= 4 is 32.5 Å². The Balaban J connectivity index is 1.70. The number of aromatic nitrogens is 1. The van der Waals surface area contributed by atoms with Gasteiger partial charge in [0.2, 0.25) is 0 Å². The molecule has 0 saturated carbocycles. The van der Waals surface area contributed by atoms with E-state index in [1.54, 1.807) is 30.3 Å². The van der Waals surface area contributed by atoms with Gasteiger partial charge < -0.3 is 10.3 Å². The molecule has 4 aromatic rings. The lowest BCUT2D eigenvalue weighted by molar-refractivity contribution is 0.0948. The van der Waals surface area contributed by atoms with Crippen LogP contribution in [-0.4, -0.2) is 25.9 Å². The summed E-state index contributed by atoms with van der Waals surface area (Å²) in [6.45, 7) is 11.1. The van der Waals surface area contributed by atoms with E-state index in [0.29, 0.717) is 23.8 Å². The summed E-state index contributed by atoms with van der Waals surface area (Å²) in [7, 11) is -3.79. The van der Waals surface area contributed by atoms with Crippen LogP contribution in [-0.2, 0) is 15.4 Å². The second kappa shape index (κ2) is 10.4. The van der Waals surface area contributed by atoms with Crippen molar-refractivity contribution in [1.29, 1.82) is 0 Å². The molecule has 1 amide bonds. The summed E-state index contributed by atoms with van der Waals surface area (Å²) in [4.78, 5) is 16.6. The van der Waals surface area contributed by atoms with Gasteiger partial charge in [-0.05, 0) is 59.2 Å². The van der Waals surface area contributed by atoms with Crippen molar-refractivity contribution in [3.63, 3.8) is 0 Å². The average Bonchev–Trinajstić information content (AvgIpc) is 3.22. The Labute approximate surface area is 219 Å². The Morgan fingerprint density at radius 2 is 1.62 bits per heavy atom. The highest BCUT2D eigenvalue weighted by molar-refractivity contribution is 7.92. The fourth-order valence-electron chi connectivity index (χ4n) is 4.24. The van der Waals surface area contributed by atoms with Gasteiger partial charge in [0.05, 0.1) is 4.90 Å². The van der Waals surface area contributed by atoms with Crippen LogP contribution >= 0.6 is 0 Å². The molecule has 6 nitrogen and oxygen atoms in total. The number of benzene rings is 3. The minimum absolute atomic E-state index is 0.0678. The molecule has 0 spiro atoms. The van der Waals surface area contributed by atoms with Gasteiger partial charge in [0.15, 0.2) is 0 Å². The van der Waals surface area contributed by atoms with Crippen LogP contribution in [0.2, 0.25) is 0 Å². The number of anilines is 1. The number of carbonyl (C=O) groups excluding carboxylic acids is 1. The van der Waals surface area contributed by atoms with Gasteiger partial charge >= 0.3 is 0 Å². The quantitative estimate of drug-likeness (QED) is 0.243. The molecule has 0 aliphatic rings. The van der Waals surface area contributed by atoms with E-state index >= 15 is 0 Å². The number of H-pyrrole nitrogens is 1. The molecule has 0 radical (unpaired) electrons. The highest BCUT2D eigenvalue weighted by Gasteiger charge is 2.21. The molecule has 37 heavy (non-hydrogen) atoms. The highest BCUT2D eigenvalue weighted by atomic mass is 32.2. The van der Waals surface area contributed by atoms with Gasteiger partial charge in [0.1, 0.15) is 5.69 Å². The molecule has 0 aliphatic heterocycles. The van der Waals surface area contributed by atoms with Crippen molar-refractivity contribution in [2.75, 3.05) is 11.3 Å². The van der Waals surface area contributed by atoms with Crippen LogP contribution < -0.4 is 10.0 Å². The van der Waals surface area contributed by atoms with Gasteiger partial charge in [-0.3, -0.25) is 9.52 Å². The number of aromatic amines is 1. The maximum atomic E-state index is 13.2. The zero-order valence-electron chi connectivity index (χ0n) is 22.1. The maximum absolute atomic E-state index is 13.2. The van der Waals surface area contributed by atoms with Crippen molar-refractivity contribution in [2.45, 2.75) is 51.3 Å². The third-order valence-electron chi connectivity index (χ3n) is 6.38. The van der Waals surface area contributed by atoms with E-state index in [9.17, 15) is 13.2 Å². The lowest BCUT2D eigenvalue weighted by Gasteiger charge is -2.19. The summed E-state index contributed by atoms with van der Waals surface area (Å²) < 4.78 is 29.0. The first-order valence-corrected chi connectivity index (χ1v) is 14.1. The van der Waals surface area contributed by atoms with Gasteiger partial charge in [-0.25, -0.2) is 8.42 Å². The summed E-state index contributed by atoms with van der Waals surface area (Å²) in [5.74, 6) is 0.300. The van der Waals surface area contributed by atoms with Crippen molar-refractivity contribution in [1.82, 2.24) is 10.3 Å². The Bertz CT molecular complexity index is 1500. The molecule has 0 atom stereocenters. The summed E-state index contributed by atoms with van der Waals surface area (Å²) in [5.41, 5.74) is 4.26. The molecule has 3 aromatic carbocycles. The summed E-state index contributed by atoms with van der Waals surface area (Å²) in [6, 6.07) is 21.9. The number of hydrogen-bond acceptors (Lipinski definition) is 3. The standard InChI is InChI=1S/C30H35N3O3S/c1-20(2)17-18-31-29(34)28-27(21-9-7-6-8-10-21)25-19-23(13-16-26(25)32-28)33-37(35,36)24-14-11-22(12-15-24)30(3,4)5/h6-16,19-20,32-33H,17-18H2,1-5H3,(H,31,34). The predicted octanol–water partition coefficient (Wildman–Crippen LogP) is 6.71. The van der Waals surface area contributed by atoms with Crippen molar-refractivity contribution < 1.29 is 13.2 Å². The lowest BCUT2D eigenvalue weighted by Crippen LogP contribution is -2.26. The number of nitrogens with one attached hydrogen (secondary N) is 3. The van der Waals surface area contributed by atoms with E-state index in [1.807, 2.05) is 42.5 Å². The van der Waals surface area contributed by atoms with Crippen LogP contribution in [0, 0.1) is 5.92 Å². The van der Waals surface area contributed by atoms with Crippen molar-refractivity contribution in [3.8, 4) is 11.1 Å². The van der Waals surface area contributed by atoms with Crippen LogP contribution in [0.5, 0.6) is 0 Å². The molecule has 0 aliphatic carbocycles. The third-order valence-corrected chi connectivity index (χ3v) is 7.78. The van der Waals surface area contributed by atoms with Gasteiger partial charge in [0.25, 0.3) is 15.9 Å². The largest absolute Gasteiger partial charge is 0.351 e. The molecule has 7 heteroatoms. The molecule has 0 saturated heterocycles. The number of fused-ring (bicyclic) bond motifs is 1. The number of amides is 1. The molecular formula is C30H35N3O3S. The highest BCUT2D eigenvalue weighted by Crippen LogP contribution is 2.35. The van der Waals surface area contributed by atoms with Crippen LogP contribution in [0.3, 0.4) is 0 Å². The fourth-order valence-corrected chi connectivity index (χ4v) is 5.29. The monoisotopic (exact) mass is 517 g/mol. The smallest absolute Gasteiger partial charge is 0.268 e. The van der Waals surface area contributed by atoms with E-state index < -0.39 is 10.0 Å². The van der Waals surface area contributed by atoms with Crippen LogP contribution in [0.4, 0.5) is 5.69 Å². The van der Waals surface area contributed by atoms with Gasteiger partial charge in [-0.15, -0.1) is 0 Å². The number of carbonyl (C=O) groups is 1. The Morgan fingerprint density at radius 3 is 2.24 bits per heavy atom. The minimum atomic E-state index is -3.79. The summed E-state index contributed by atoms with van der Waals surface area (Å²) >= 11 is 0. The maximum Gasteiger partial charge on any atom is 0.268 e. The van der Waals surface area contributed by atoms with E-state index in [1.165, 1.54) is 0 Å². The molecule has 0 bridgehead atoms. The Morgan fingerprint density at radius 1 is 0.946 bits per heavy atom. The van der Waals surface area contributed by atoms with E-state index in [0.717, 1.165) is 34.0 Å². The zero-order valence-corrected chi connectivity index (χ0v) is 22.9. The van der Waals surface area contributed by atoms with E-state index in [-0.39, 0.29) is 16.2 Å². The zero-order chi connectivity index (χ0) is 26.8. The fraction of sp³-hybridized carbons (Fsp3) is 0.300. The van der Waals surface area contributed by atoms with Crippen LogP contribution in [0.25, 0.3) is 22.0 Å². The predicted molar refractivity (Wildman–Crippen MR) is 151 cm³/mol. The van der Waals surface area contributed by atoms with Gasteiger partial charge in [-0.2, -0.15) is 0 Å². The first-order valence-electron chi connectivity index (χ1n) is 12.6. The minimum Gasteiger partial charge on any atom is -0.351 e. The number of rotatable bonds is 8. The molecule has 1 aromatic heterocycles.